The first kappa shape index (κ1) is 23.8. The maximum absolute atomic E-state index is 13.2. The molecule has 0 spiro atoms. The van der Waals surface area contributed by atoms with Gasteiger partial charge in [0.25, 0.3) is 5.91 Å². The molecular formula is C25H30N6O2S. The fraction of sp³-hybridized carbons (Fsp3) is 0.360. The molecule has 4 rings (SSSR count). The van der Waals surface area contributed by atoms with E-state index >= 15 is 0 Å². The summed E-state index contributed by atoms with van der Waals surface area (Å²) in [6, 6.07) is 11.9. The largest absolute Gasteiger partial charge is 0.493 e. The van der Waals surface area contributed by atoms with E-state index in [9.17, 15) is 4.79 Å². The van der Waals surface area contributed by atoms with Gasteiger partial charge in [-0.1, -0.05) is 49.0 Å². The summed E-state index contributed by atoms with van der Waals surface area (Å²) in [6.45, 7) is 9.51. The number of amides is 1. The summed E-state index contributed by atoms with van der Waals surface area (Å²) >= 11 is 1.59. The van der Waals surface area contributed by atoms with E-state index in [4.69, 9.17) is 9.72 Å². The first-order valence-corrected chi connectivity index (χ1v) is 12.6. The van der Waals surface area contributed by atoms with Crippen LogP contribution >= 0.6 is 11.8 Å². The number of carbonyl (C=O) groups excluding carboxylic acids is 1. The Morgan fingerprint density at radius 1 is 1.12 bits per heavy atom. The Bertz CT molecular complexity index is 1300. The molecule has 2 aromatic heterocycles. The summed E-state index contributed by atoms with van der Waals surface area (Å²) in [5.41, 5.74) is 1.31. The molecule has 2 heterocycles. The topological polar surface area (TPSA) is 94.0 Å². The molecule has 2 N–H and O–H groups in total. The second-order valence-corrected chi connectivity index (χ2v) is 9.27. The summed E-state index contributed by atoms with van der Waals surface area (Å²) in [5, 5.41) is 14.4. The minimum Gasteiger partial charge on any atom is -0.493 e. The van der Waals surface area contributed by atoms with Crippen LogP contribution in [0, 0.1) is 0 Å². The fourth-order valence-corrected chi connectivity index (χ4v) is 4.37. The molecule has 34 heavy (non-hydrogen) atoms. The predicted octanol–water partition coefficient (Wildman–Crippen LogP) is 4.74. The van der Waals surface area contributed by atoms with Crippen LogP contribution in [0.2, 0.25) is 0 Å². The molecule has 0 saturated heterocycles. The Kier molecular flexibility index (Phi) is 7.52. The number of hydrogen-bond donors (Lipinski definition) is 2. The zero-order chi connectivity index (χ0) is 24.1. The van der Waals surface area contributed by atoms with Gasteiger partial charge in [-0.15, -0.1) is 0 Å². The lowest BCUT2D eigenvalue weighted by Gasteiger charge is -2.14. The van der Waals surface area contributed by atoms with Crippen molar-refractivity contribution in [1.82, 2.24) is 25.1 Å². The number of fused-ring (bicyclic) bond motifs is 2. The number of anilines is 1. The van der Waals surface area contributed by atoms with Crippen molar-refractivity contribution in [2.75, 3.05) is 24.2 Å². The van der Waals surface area contributed by atoms with Crippen LogP contribution < -0.4 is 15.4 Å². The number of ether oxygens (including phenoxy) is 1. The number of nitrogens with one attached hydrogen (secondary N) is 2. The van der Waals surface area contributed by atoms with Crippen LogP contribution in [0.5, 0.6) is 5.75 Å². The highest BCUT2D eigenvalue weighted by molar-refractivity contribution is 7.99. The van der Waals surface area contributed by atoms with Gasteiger partial charge >= 0.3 is 0 Å². The standard InChI is InChI=1S/C25H30N6O2S/c1-5-33-20-12-11-17-9-7-8-10-18(17)21(20)24(32)26-13-14-31-23-19(15-27-31)22(28-16(3)4)29-25(30-23)34-6-2/h7-12,15-16H,5-6,13-14H2,1-4H3,(H,26,32)(H,28,29,30). The van der Waals surface area contributed by atoms with E-state index in [2.05, 4.69) is 41.5 Å². The molecule has 1 amide bonds. The predicted molar refractivity (Wildman–Crippen MR) is 138 cm³/mol. The molecule has 8 nitrogen and oxygen atoms in total. The molecule has 9 heteroatoms. The molecule has 0 saturated carbocycles. The monoisotopic (exact) mass is 478 g/mol. The van der Waals surface area contributed by atoms with Crippen LogP contribution in [0.1, 0.15) is 38.1 Å². The number of rotatable bonds is 10. The summed E-state index contributed by atoms with van der Waals surface area (Å²) in [7, 11) is 0. The molecule has 0 radical (unpaired) electrons. The zero-order valence-corrected chi connectivity index (χ0v) is 20.8. The van der Waals surface area contributed by atoms with Crippen LogP contribution in [0.4, 0.5) is 5.82 Å². The van der Waals surface area contributed by atoms with Crippen molar-refractivity contribution in [3.63, 3.8) is 0 Å². The third-order valence-corrected chi connectivity index (χ3v) is 5.93. The van der Waals surface area contributed by atoms with Gasteiger partial charge in [0.1, 0.15) is 11.6 Å². The van der Waals surface area contributed by atoms with E-state index in [1.165, 1.54) is 0 Å². The average molecular weight is 479 g/mol. The Morgan fingerprint density at radius 3 is 2.71 bits per heavy atom. The second-order valence-electron chi connectivity index (χ2n) is 8.04. The highest BCUT2D eigenvalue weighted by atomic mass is 32.2. The van der Waals surface area contributed by atoms with E-state index in [1.54, 1.807) is 18.0 Å². The maximum atomic E-state index is 13.2. The number of nitrogens with zero attached hydrogens (tertiary/aromatic N) is 4. The van der Waals surface area contributed by atoms with Crippen molar-refractivity contribution in [3.05, 3.63) is 48.2 Å². The van der Waals surface area contributed by atoms with Crippen LogP contribution in [0.25, 0.3) is 21.8 Å². The molecule has 0 aliphatic heterocycles. The van der Waals surface area contributed by atoms with E-state index in [-0.39, 0.29) is 11.9 Å². The first-order chi connectivity index (χ1) is 16.5. The van der Waals surface area contributed by atoms with Crippen LogP contribution in [-0.2, 0) is 6.54 Å². The summed E-state index contributed by atoms with van der Waals surface area (Å²) in [6.07, 6.45) is 1.78. The highest BCUT2D eigenvalue weighted by Gasteiger charge is 2.17. The minimum atomic E-state index is -0.171. The van der Waals surface area contributed by atoms with Crippen molar-refractivity contribution in [2.45, 2.75) is 45.4 Å². The van der Waals surface area contributed by atoms with E-state index in [0.29, 0.717) is 36.2 Å². The smallest absolute Gasteiger partial charge is 0.255 e. The number of hydrogen-bond acceptors (Lipinski definition) is 7. The van der Waals surface area contributed by atoms with E-state index < -0.39 is 0 Å². The number of carbonyl (C=O) groups is 1. The lowest BCUT2D eigenvalue weighted by molar-refractivity contribution is 0.0950. The number of thioether (sulfide) groups is 1. The summed E-state index contributed by atoms with van der Waals surface area (Å²) in [4.78, 5) is 22.6. The lowest BCUT2D eigenvalue weighted by atomic mass is 10.0. The van der Waals surface area contributed by atoms with Crippen molar-refractivity contribution >= 4 is 45.3 Å². The van der Waals surface area contributed by atoms with Gasteiger partial charge in [-0.3, -0.25) is 4.79 Å². The molecule has 0 aliphatic rings. The van der Waals surface area contributed by atoms with E-state index in [0.717, 1.165) is 33.4 Å². The third-order valence-electron chi connectivity index (χ3n) is 5.20. The molecule has 0 unspecified atom stereocenters. The van der Waals surface area contributed by atoms with Gasteiger partial charge in [-0.25, -0.2) is 14.6 Å². The normalized spacial score (nSPS) is 11.3. The van der Waals surface area contributed by atoms with Crippen molar-refractivity contribution < 1.29 is 9.53 Å². The fourth-order valence-electron chi connectivity index (χ4n) is 3.80. The van der Waals surface area contributed by atoms with Gasteiger partial charge < -0.3 is 15.4 Å². The van der Waals surface area contributed by atoms with Gasteiger partial charge in [0.2, 0.25) is 0 Å². The van der Waals surface area contributed by atoms with Gasteiger partial charge in [0.05, 0.1) is 30.3 Å². The Balaban J connectivity index is 1.56. The summed E-state index contributed by atoms with van der Waals surface area (Å²) in [5.74, 6) is 2.07. The SMILES string of the molecule is CCOc1ccc2ccccc2c1C(=O)NCCn1ncc2c(NC(C)C)nc(SCC)nc21. The third kappa shape index (κ3) is 5.09. The average Bonchev–Trinajstić information content (AvgIpc) is 3.22. The van der Waals surface area contributed by atoms with Gasteiger partial charge in [-0.2, -0.15) is 5.10 Å². The Labute approximate surface area is 203 Å². The minimum absolute atomic E-state index is 0.171. The van der Waals surface area contributed by atoms with Crippen LogP contribution in [-0.4, -0.2) is 50.6 Å². The number of aromatic nitrogens is 4. The van der Waals surface area contributed by atoms with Crippen molar-refractivity contribution in [3.8, 4) is 5.75 Å². The molecular weight excluding hydrogens is 448 g/mol. The molecule has 4 aromatic rings. The van der Waals surface area contributed by atoms with Crippen LogP contribution in [0.3, 0.4) is 0 Å². The maximum Gasteiger partial charge on any atom is 0.255 e. The highest BCUT2D eigenvalue weighted by Crippen LogP contribution is 2.28. The van der Waals surface area contributed by atoms with Gasteiger partial charge in [0.15, 0.2) is 10.8 Å². The molecule has 0 bridgehead atoms. The van der Waals surface area contributed by atoms with E-state index in [1.807, 2.05) is 48.0 Å². The Hall–Kier alpha value is -3.33. The zero-order valence-electron chi connectivity index (χ0n) is 20.0. The van der Waals surface area contributed by atoms with Gasteiger partial charge in [0, 0.05) is 12.6 Å². The molecule has 0 aliphatic carbocycles. The van der Waals surface area contributed by atoms with Gasteiger partial charge in [-0.05, 0) is 43.4 Å². The summed E-state index contributed by atoms with van der Waals surface area (Å²) < 4.78 is 7.57. The van der Waals surface area contributed by atoms with Crippen molar-refractivity contribution in [1.29, 1.82) is 0 Å². The quantitative estimate of drug-likeness (QED) is 0.251. The molecule has 2 aromatic carbocycles. The molecule has 178 valence electrons. The number of benzene rings is 2. The molecule has 0 atom stereocenters. The van der Waals surface area contributed by atoms with Crippen LogP contribution in [0.15, 0.2) is 47.8 Å². The lowest BCUT2D eigenvalue weighted by Crippen LogP contribution is -2.28. The first-order valence-electron chi connectivity index (χ1n) is 11.6. The second kappa shape index (κ2) is 10.7. The van der Waals surface area contributed by atoms with Crippen molar-refractivity contribution in [2.24, 2.45) is 0 Å². The Morgan fingerprint density at radius 2 is 1.94 bits per heavy atom. The molecule has 0 fully saturated rings.